The summed E-state index contributed by atoms with van der Waals surface area (Å²) in [4.78, 5) is 26.4. The Morgan fingerprint density at radius 2 is 1.44 bits per heavy atom. The predicted molar refractivity (Wildman–Crippen MR) is 138 cm³/mol. The van der Waals surface area contributed by atoms with E-state index in [1.807, 2.05) is 0 Å². The Kier molecular flexibility index (Phi) is 11.8. The van der Waals surface area contributed by atoms with Gasteiger partial charge in [-0.3, -0.25) is 9.59 Å². The van der Waals surface area contributed by atoms with Gasteiger partial charge in [-0.1, -0.05) is 26.2 Å². The number of nitrogens with one attached hydrogen (secondary N) is 1. The summed E-state index contributed by atoms with van der Waals surface area (Å²) in [7, 11) is -5.72. The second-order valence-corrected chi connectivity index (χ2v) is 14.5. The SMILES string of the molecule is CCC(C)(CC(C)(C)C(=O)OCC(C)(C)NS(=O)(=O)C(F)(F)F)C(=O)OC(CC(C)(O)C(F)(F)F)C1CCCCC1. The van der Waals surface area contributed by atoms with Gasteiger partial charge in [-0.25, -0.2) is 8.42 Å². The lowest BCUT2D eigenvalue weighted by atomic mass is 9.72. The molecule has 0 spiro atoms. The summed E-state index contributed by atoms with van der Waals surface area (Å²) in [6.07, 6.45) is -3.66. The molecule has 1 aliphatic carbocycles. The van der Waals surface area contributed by atoms with E-state index in [4.69, 9.17) is 9.47 Å². The first kappa shape index (κ1) is 37.4. The van der Waals surface area contributed by atoms with E-state index < -0.39 is 74.7 Å². The lowest BCUT2D eigenvalue weighted by molar-refractivity contribution is -0.264. The Morgan fingerprint density at radius 1 is 0.927 bits per heavy atom. The van der Waals surface area contributed by atoms with Crippen LogP contribution in [-0.4, -0.2) is 61.0 Å². The van der Waals surface area contributed by atoms with Crippen molar-refractivity contribution in [3.63, 3.8) is 0 Å². The molecule has 0 radical (unpaired) electrons. The quantitative estimate of drug-likeness (QED) is 0.196. The molecule has 0 bridgehead atoms. The van der Waals surface area contributed by atoms with Crippen molar-refractivity contribution in [1.29, 1.82) is 0 Å². The fourth-order valence-electron chi connectivity index (χ4n) is 4.88. The summed E-state index contributed by atoms with van der Waals surface area (Å²) in [5.74, 6) is -2.18. The molecule has 41 heavy (non-hydrogen) atoms. The van der Waals surface area contributed by atoms with E-state index in [9.17, 15) is 49.5 Å². The minimum atomic E-state index is -5.72. The van der Waals surface area contributed by atoms with E-state index in [0.29, 0.717) is 19.8 Å². The topological polar surface area (TPSA) is 119 Å². The molecule has 0 aromatic carbocycles. The number of aliphatic hydroxyl groups is 1. The number of alkyl halides is 6. The van der Waals surface area contributed by atoms with Crippen LogP contribution in [0.5, 0.6) is 0 Å². The molecule has 3 unspecified atom stereocenters. The van der Waals surface area contributed by atoms with Gasteiger partial charge >= 0.3 is 33.6 Å². The lowest BCUT2D eigenvalue weighted by Crippen LogP contribution is -2.52. The van der Waals surface area contributed by atoms with Crippen molar-refractivity contribution in [3.8, 4) is 0 Å². The lowest BCUT2D eigenvalue weighted by Gasteiger charge is -2.39. The Labute approximate surface area is 238 Å². The van der Waals surface area contributed by atoms with Gasteiger partial charge in [0.05, 0.1) is 16.4 Å². The van der Waals surface area contributed by atoms with Crippen LogP contribution in [0.2, 0.25) is 0 Å². The zero-order valence-electron chi connectivity index (χ0n) is 24.6. The van der Waals surface area contributed by atoms with Gasteiger partial charge in [-0.2, -0.15) is 31.1 Å². The molecule has 2 N–H and O–H groups in total. The highest BCUT2D eigenvalue weighted by molar-refractivity contribution is 7.90. The largest absolute Gasteiger partial charge is 0.511 e. The van der Waals surface area contributed by atoms with Crippen molar-refractivity contribution in [3.05, 3.63) is 0 Å². The van der Waals surface area contributed by atoms with Crippen LogP contribution < -0.4 is 4.72 Å². The fraction of sp³-hybridized carbons (Fsp3) is 0.923. The maximum Gasteiger partial charge on any atom is 0.511 e. The minimum absolute atomic E-state index is 0.118. The summed E-state index contributed by atoms with van der Waals surface area (Å²) in [5.41, 5.74) is -13.3. The van der Waals surface area contributed by atoms with Crippen LogP contribution in [0.25, 0.3) is 0 Å². The smallest absolute Gasteiger partial charge is 0.463 e. The van der Waals surface area contributed by atoms with Gasteiger partial charge in [0, 0.05) is 6.42 Å². The second-order valence-electron chi connectivity index (χ2n) is 12.8. The average molecular weight is 628 g/mol. The molecule has 0 aliphatic heterocycles. The van der Waals surface area contributed by atoms with Gasteiger partial charge in [0.15, 0.2) is 5.60 Å². The van der Waals surface area contributed by atoms with Gasteiger partial charge in [0.2, 0.25) is 0 Å². The highest BCUT2D eigenvalue weighted by Crippen LogP contribution is 2.42. The number of hydrogen-bond acceptors (Lipinski definition) is 7. The van der Waals surface area contributed by atoms with E-state index >= 15 is 0 Å². The molecule has 0 amide bonds. The van der Waals surface area contributed by atoms with Crippen molar-refractivity contribution in [2.75, 3.05) is 6.61 Å². The van der Waals surface area contributed by atoms with Crippen molar-refractivity contribution >= 4 is 22.0 Å². The van der Waals surface area contributed by atoms with Crippen molar-refractivity contribution in [2.45, 2.75) is 129 Å². The number of ether oxygens (including phenoxy) is 2. The molecule has 0 aromatic rings. The number of halogens is 6. The number of rotatable bonds is 13. The molecule has 15 heteroatoms. The first-order chi connectivity index (χ1) is 18.2. The summed E-state index contributed by atoms with van der Waals surface area (Å²) >= 11 is 0. The molecule has 3 atom stereocenters. The molecule has 1 saturated carbocycles. The maximum atomic E-state index is 13.5. The highest BCUT2D eigenvalue weighted by Gasteiger charge is 2.53. The van der Waals surface area contributed by atoms with Gasteiger partial charge in [-0.15, -0.1) is 0 Å². The second kappa shape index (κ2) is 12.9. The first-order valence-corrected chi connectivity index (χ1v) is 15.0. The summed E-state index contributed by atoms with van der Waals surface area (Å²) in [5, 5.41) is 10.1. The average Bonchev–Trinajstić information content (AvgIpc) is 2.80. The van der Waals surface area contributed by atoms with Gasteiger partial charge in [-0.05, 0) is 73.1 Å². The summed E-state index contributed by atoms with van der Waals surface area (Å²) in [6, 6.07) is 0. The number of sulfonamides is 1. The molecule has 1 aliphatic rings. The molecular weight excluding hydrogens is 584 g/mol. The van der Waals surface area contributed by atoms with Crippen molar-refractivity contribution in [1.82, 2.24) is 4.72 Å². The Morgan fingerprint density at radius 3 is 1.88 bits per heavy atom. The third kappa shape index (κ3) is 10.3. The fourth-order valence-corrected chi connectivity index (χ4v) is 5.78. The van der Waals surface area contributed by atoms with E-state index in [-0.39, 0.29) is 18.8 Å². The van der Waals surface area contributed by atoms with Gasteiger partial charge in [0.1, 0.15) is 12.7 Å². The molecular formula is C26H43F6NO7S. The van der Waals surface area contributed by atoms with Crippen LogP contribution in [0, 0.1) is 16.7 Å². The predicted octanol–water partition coefficient (Wildman–Crippen LogP) is 5.78. The van der Waals surface area contributed by atoms with E-state index in [2.05, 4.69) is 0 Å². The van der Waals surface area contributed by atoms with Crippen molar-refractivity contribution < 1.29 is 58.9 Å². The third-order valence-corrected chi connectivity index (χ3v) is 9.01. The van der Waals surface area contributed by atoms with Gasteiger partial charge < -0.3 is 14.6 Å². The number of esters is 2. The zero-order chi connectivity index (χ0) is 32.3. The summed E-state index contributed by atoms with van der Waals surface area (Å²) in [6.45, 7) is 7.98. The molecule has 0 heterocycles. The van der Waals surface area contributed by atoms with Crippen LogP contribution in [0.4, 0.5) is 26.3 Å². The molecule has 1 fully saturated rings. The highest BCUT2D eigenvalue weighted by atomic mass is 32.2. The Hall–Kier alpha value is -1.61. The molecule has 1 rings (SSSR count). The van der Waals surface area contributed by atoms with Crippen molar-refractivity contribution in [2.24, 2.45) is 16.7 Å². The molecule has 0 saturated heterocycles. The van der Waals surface area contributed by atoms with E-state index in [1.165, 1.54) is 25.5 Å². The Balaban J connectivity index is 3.06. The Bertz CT molecular complexity index is 1020. The van der Waals surface area contributed by atoms with E-state index in [0.717, 1.165) is 33.1 Å². The molecule has 242 valence electrons. The minimum Gasteiger partial charge on any atom is -0.463 e. The normalized spacial score (nSPS) is 20.0. The molecule has 8 nitrogen and oxygen atoms in total. The van der Waals surface area contributed by atoms with E-state index in [1.54, 1.807) is 6.92 Å². The maximum absolute atomic E-state index is 13.5. The standard InChI is InChI=1S/C26H43F6NO7S/c1-8-23(6,15-21(2,3)19(34)39-16-22(4,5)33-41(37,38)26(30,31)32)20(35)40-18(17-12-10-9-11-13-17)14-24(7,36)25(27,28)29/h17-18,33,36H,8-16H2,1-7H3. The number of carbonyl (C=O) groups is 2. The van der Waals surface area contributed by atoms with Crippen LogP contribution >= 0.6 is 0 Å². The van der Waals surface area contributed by atoms with Crippen LogP contribution in [0.1, 0.15) is 99.8 Å². The number of hydrogen-bond donors (Lipinski definition) is 2. The van der Waals surface area contributed by atoms with Crippen LogP contribution in [-0.2, 0) is 29.1 Å². The summed E-state index contributed by atoms with van der Waals surface area (Å²) < 4.78 is 114. The van der Waals surface area contributed by atoms with Crippen LogP contribution in [0.3, 0.4) is 0 Å². The zero-order valence-corrected chi connectivity index (χ0v) is 25.4. The third-order valence-electron chi connectivity index (χ3n) is 7.58. The number of carbonyl (C=O) groups excluding carboxylic acids is 2. The monoisotopic (exact) mass is 627 g/mol. The first-order valence-electron chi connectivity index (χ1n) is 13.5. The molecule has 0 aromatic heterocycles. The van der Waals surface area contributed by atoms with Gasteiger partial charge in [0.25, 0.3) is 0 Å². The van der Waals surface area contributed by atoms with Crippen LogP contribution in [0.15, 0.2) is 0 Å².